The van der Waals surface area contributed by atoms with E-state index in [1.165, 1.54) is 11.1 Å². The van der Waals surface area contributed by atoms with Crippen molar-refractivity contribution in [1.29, 1.82) is 0 Å². The van der Waals surface area contributed by atoms with Crippen LogP contribution in [-0.2, 0) is 0 Å². The van der Waals surface area contributed by atoms with Gasteiger partial charge in [0.15, 0.2) is 0 Å². The predicted octanol–water partition coefficient (Wildman–Crippen LogP) is 3.26. The smallest absolute Gasteiger partial charge is 0.115 e. The Morgan fingerprint density at radius 3 is 2.25 bits per heavy atom. The minimum atomic E-state index is 0.246. The number of benzene rings is 2. The zero-order valence-electron chi connectivity index (χ0n) is 11.4. The lowest BCUT2D eigenvalue weighted by Gasteiger charge is -2.03. The summed E-state index contributed by atoms with van der Waals surface area (Å²) in [6.45, 7) is 4.13. The second kappa shape index (κ2) is 4.81. The summed E-state index contributed by atoms with van der Waals surface area (Å²) in [4.78, 5) is 0. The number of aryl methyl sites for hydroxylation is 2. The van der Waals surface area contributed by atoms with E-state index in [-0.39, 0.29) is 5.75 Å². The minimum Gasteiger partial charge on any atom is -0.508 e. The van der Waals surface area contributed by atoms with Crippen molar-refractivity contribution in [2.75, 3.05) is 0 Å². The fraction of sp³-hybridized carbons (Fsp3) is 0.125. The second-order valence-corrected chi connectivity index (χ2v) is 4.94. The second-order valence-electron chi connectivity index (χ2n) is 4.94. The third kappa shape index (κ3) is 2.40. The molecule has 3 rings (SSSR count). The molecule has 0 bridgehead atoms. The molecule has 0 radical (unpaired) electrons. The standard InChI is InChI=1S/C16H15N3O/c1-11-7-12(2)9-14(8-11)19-10-16(17-18-19)13-3-5-15(20)6-4-13/h3-10,20H,1-2H3. The molecule has 4 nitrogen and oxygen atoms in total. The topological polar surface area (TPSA) is 50.9 Å². The van der Waals surface area contributed by atoms with Crippen molar-refractivity contribution < 1.29 is 5.11 Å². The summed E-state index contributed by atoms with van der Waals surface area (Å²) in [7, 11) is 0. The zero-order valence-corrected chi connectivity index (χ0v) is 11.4. The maximum atomic E-state index is 9.31. The number of phenolic OH excluding ortho intramolecular Hbond substituents is 1. The van der Waals surface area contributed by atoms with Crippen molar-refractivity contribution in [3.05, 3.63) is 59.8 Å². The quantitative estimate of drug-likeness (QED) is 0.773. The van der Waals surface area contributed by atoms with Crippen LogP contribution in [0.4, 0.5) is 0 Å². The van der Waals surface area contributed by atoms with E-state index in [0.717, 1.165) is 16.9 Å². The first-order valence-electron chi connectivity index (χ1n) is 6.42. The summed E-state index contributed by atoms with van der Waals surface area (Å²) in [6, 6.07) is 13.2. The number of rotatable bonds is 2. The molecule has 100 valence electrons. The van der Waals surface area contributed by atoms with E-state index in [2.05, 4.69) is 42.4 Å². The molecule has 0 atom stereocenters. The number of phenols is 1. The Morgan fingerprint density at radius 2 is 1.60 bits per heavy atom. The average molecular weight is 265 g/mol. The summed E-state index contributed by atoms with van der Waals surface area (Å²) in [5.41, 5.74) is 5.10. The molecule has 1 aromatic heterocycles. The van der Waals surface area contributed by atoms with Gasteiger partial charge < -0.3 is 5.11 Å². The van der Waals surface area contributed by atoms with Gasteiger partial charge in [0.2, 0.25) is 0 Å². The van der Waals surface area contributed by atoms with Gasteiger partial charge in [0.05, 0.1) is 11.9 Å². The van der Waals surface area contributed by atoms with Crippen LogP contribution in [0, 0.1) is 13.8 Å². The van der Waals surface area contributed by atoms with Crippen LogP contribution in [-0.4, -0.2) is 20.1 Å². The van der Waals surface area contributed by atoms with E-state index in [4.69, 9.17) is 0 Å². The third-order valence-electron chi connectivity index (χ3n) is 3.13. The van der Waals surface area contributed by atoms with Gasteiger partial charge in [-0.25, -0.2) is 4.68 Å². The molecule has 1 heterocycles. The summed E-state index contributed by atoms with van der Waals surface area (Å²) < 4.78 is 1.77. The van der Waals surface area contributed by atoms with E-state index in [9.17, 15) is 5.11 Å². The summed E-state index contributed by atoms with van der Waals surface area (Å²) in [6.07, 6.45) is 1.89. The molecule has 3 aromatic rings. The lowest BCUT2D eigenvalue weighted by atomic mass is 10.1. The highest BCUT2D eigenvalue weighted by atomic mass is 16.3. The van der Waals surface area contributed by atoms with Crippen LogP contribution < -0.4 is 0 Å². The monoisotopic (exact) mass is 265 g/mol. The van der Waals surface area contributed by atoms with Gasteiger partial charge in [0, 0.05) is 5.56 Å². The molecular weight excluding hydrogens is 250 g/mol. The zero-order chi connectivity index (χ0) is 14.1. The molecule has 0 aliphatic heterocycles. The number of hydrogen-bond donors (Lipinski definition) is 1. The first-order chi connectivity index (χ1) is 9.61. The fourth-order valence-corrected chi connectivity index (χ4v) is 2.24. The number of aromatic nitrogens is 3. The number of aromatic hydroxyl groups is 1. The van der Waals surface area contributed by atoms with Crippen molar-refractivity contribution in [2.24, 2.45) is 0 Å². The Hall–Kier alpha value is -2.62. The Morgan fingerprint density at radius 1 is 0.950 bits per heavy atom. The molecule has 0 saturated heterocycles. The number of hydrogen-bond acceptors (Lipinski definition) is 3. The first-order valence-corrected chi connectivity index (χ1v) is 6.42. The molecule has 2 aromatic carbocycles. The highest BCUT2D eigenvalue weighted by molar-refractivity contribution is 5.59. The Kier molecular flexibility index (Phi) is 2.99. The van der Waals surface area contributed by atoms with Crippen molar-refractivity contribution in [3.8, 4) is 22.7 Å². The number of nitrogens with zero attached hydrogens (tertiary/aromatic N) is 3. The lowest BCUT2D eigenvalue weighted by molar-refractivity contribution is 0.475. The van der Waals surface area contributed by atoms with Gasteiger partial charge in [-0.3, -0.25) is 0 Å². The molecule has 0 saturated carbocycles. The van der Waals surface area contributed by atoms with Gasteiger partial charge in [0.25, 0.3) is 0 Å². The SMILES string of the molecule is Cc1cc(C)cc(-n2cc(-c3ccc(O)cc3)nn2)c1. The van der Waals surface area contributed by atoms with Crippen LogP contribution in [0.15, 0.2) is 48.7 Å². The highest BCUT2D eigenvalue weighted by Crippen LogP contribution is 2.21. The fourth-order valence-electron chi connectivity index (χ4n) is 2.24. The summed E-state index contributed by atoms with van der Waals surface area (Å²) >= 11 is 0. The van der Waals surface area contributed by atoms with E-state index < -0.39 is 0 Å². The molecule has 0 aliphatic rings. The normalized spacial score (nSPS) is 10.7. The van der Waals surface area contributed by atoms with Crippen LogP contribution in [0.3, 0.4) is 0 Å². The maximum Gasteiger partial charge on any atom is 0.115 e. The van der Waals surface area contributed by atoms with Crippen LogP contribution in [0.2, 0.25) is 0 Å². The summed E-state index contributed by atoms with van der Waals surface area (Å²) in [5.74, 6) is 0.246. The van der Waals surface area contributed by atoms with Gasteiger partial charge in [-0.1, -0.05) is 11.3 Å². The highest BCUT2D eigenvalue weighted by Gasteiger charge is 2.06. The van der Waals surface area contributed by atoms with Crippen LogP contribution in [0.1, 0.15) is 11.1 Å². The molecule has 0 fully saturated rings. The van der Waals surface area contributed by atoms with E-state index in [0.29, 0.717) is 0 Å². The minimum absolute atomic E-state index is 0.246. The lowest BCUT2D eigenvalue weighted by Crippen LogP contribution is -1.96. The molecule has 0 unspecified atom stereocenters. The molecule has 0 amide bonds. The van der Waals surface area contributed by atoms with Crippen molar-refractivity contribution in [2.45, 2.75) is 13.8 Å². The van der Waals surface area contributed by atoms with Gasteiger partial charge in [-0.15, -0.1) is 5.10 Å². The average Bonchev–Trinajstić information content (AvgIpc) is 2.88. The maximum absolute atomic E-state index is 9.31. The largest absolute Gasteiger partial charge is 0.508 e. The van der Waals surface area contributed by atoms with Crippen LogP contribution in [0.25, 0.3) is 16.9 Å². The van der Waals surface area contributed by atoms with Gasteiger partial charge in [-0.2, -0.15) is 0 Å². The van der Waals surface area contributed by atoms with E-state index in [1.807, 2.05) is 18.3 Å². The molecule has 1 N–H and O–H groups in total. The van der Waals surface area contributed by atoms with E-state index >= 15 is 0 Å². The Bertz CT molecular complexity index is 724. The summed E-state index contributed by atoms with van der Waals surface area (Å²) in [5, 5.41) is 17.7. The van der Waals surface area contributed by atoms with Crippen molar-refractivity contribution in [3.63, 3.8) is 0 Å². The van der Waals surface area contributed by atoms with E-state index in [1.54, 1.807) is 16.8 Å². The molecule has 0 aliphatic carbocycles. The molecular formula is C16H15N3O. The predicted molar refractivity (Wildman–Crippen MR) is 77.9 cm³/mol. The molecule has 20 heavy (non-hydrogen) atoms. The van der Waals surface area contributed by atoms with Crippen LogP contribution in [0.5, 0.6) is 5.75 Å². The molecule has 4 heteroatoms. The van der Waals surface area contributed by atoms with Crippen molar-refractivity contribution >= 4 is 0 Å². The third-order valence-corrected chi connectivity index (χ3v) is 3.13. The van der Waals surface area contributed by atoms with Gasteiger partial charge >= 0.3 is 0 Å². The van der Waals surface area contributed by atoms with Crippen LogP contribution >= 0.6 is 0 Å². The molecule has 0 spiro atoms. The Labute approximate surface area is 117 Å². The van der Waals surface area contributed by atoms with Gasteiger partial charge in [-0.05, 0) is 61.4 Å². The van der Waals surface area contributed by atoms with Crippen molar-refractivity contribution in [1.82, 2.24) is 15.0 Å². The van der Waals surface area contributed by atoms with Gasteiger partial charge in [0.1, 0.15) is 11.4 Å². The first kappa shape index (κ1) is 12.4. The Balaban J connectivity index is 1.99.